The van der Waals surface area contributed by atoms with Gasteiger partial charge in [-0.25, -0.2) is 0 Å². The summed E-state index contributed by atoms with van der Waals surface area (Å²) in [6.45, 7) is 0. The number of rotatable bonds is 1. The summed E-state index contributed by atoms with van der Waals surface area (Å²) in [5.74, 6) is 0. The molecule has 3 rings (SSSR count). The summed E-state index contributed by atoms with van der Waals surface area (Å²) >= 11 is 0. The summed E-state index contributed by atoms with van der Waals surface area (Å²) in [6.07, 6.45) is 1.96. The van der Waals surface area contributed by atoms with Crippen molar-refractivity contribution in [2.45, 2.75) is 0 Å². The topological polar surface area (TPSA) is 3.88 Å². The van der Waals surface area contributed by atoms with Gasteiger partial charge in [0.2, 0.25) is 0 Å². The molecule has 0 bridgehead atoms. The Balaban J connectivity index is 2.22. The lowest BCUT2D eigenvalue weighted by Crippen LogP contribution is -2.27. The second-order valence-corrected chi connectivity index (χ2v) is 4.12. The van der Waals surface area contributed by atoms with Crippen molar-refractivity contribution in [2.75, 3.05) is 0 Å². The third-order valence-corrected chi connectivity index (χ3v) is 2.99. The Bertz CT molecular complexity index is 671. The molecule has 82 valence electrons. The third-order valence-electron chi connectivity index (χ3n) is 2.99. The van der Waals surface area contributed by atoms with E-state index in [0.717, 1.165) is 5.69 Å². The normalized spacial score (nSPS) is 10.6. The molecule has 1 aromatic heterocycles. The van der Waals surface area contributed by atoms with Gasteiger partial charge in [0, 0.05) is 7.05 Å². The van der Waals surface area contributed by atoms with Crippen LogP contribution in [0.2, 0.25) is 0 Å². The maximum atomic E-state index is 3.99. The van der Waals surface area contributed by atoms with Gasteiger partial charge in [-0.05, 0) is 22.4 Å². The van der Waals surface area contributed by atoms with Gasteiger partial charge in [0.05, 0.1) is 6.20 Å². The van der Waals surface area contributed by atoms with E-state index in [-0.39, 0.29) is 0 Å². The highest BCUT2D eigenvalue weighted by Crippen LogP contribution is 2.21. The number of hydrogen-bond donors (Lipinski definition) is 0. The zero-order chi connectivity index (χ0) is 11.7. The van der Waals surface area contributed by atoms with Gasteiger partial charge in [-0.3, -0.25) is 0 Å². The maximum Gasteiger partial charge on any atom is 0.112 e. The van der Waals surface area contributed by atoms with E-state index in [1.807, 2.05) is 22.9 Å². The lowest BCUT2D eigenvalue weighted by Gasteiger charge is -2.07. The first-order valence-electron chi connectivity index (χ1n) is 5.65. The summed E-state index contributed by atoms with van der Waals surface area (Å²) in [5.41, 5.74) is 2.32. The van der Waals surface area contributed by atoms with E-state index in [4.69, 9.17) is 0 Å². The minimum Gasteiger partial charge on any atom is -0.333 e. The SMILES string of the molecule is [CH2-][n+]1ccccc1-c1ccc2ccccc2c1. The van der Waals surface area contributed by atoms with Crippen molar-refractivity contribution >= 4 is 10.8 Å². The second-order valence-electron chi connectivity index (χ2n) is 4.12. The van der Waals surface area contributed by atoms with Crippen molar-refractivity contribution in [1.82, 2.24) is 0 Å². The summed E-state index contributed by atoms with van der Waals surface area (Å²) in [6, 6.07) is 21.0. The molecule has 0 saturated carbocycles. The quantitative estimate of drug-likeness (QED) is 0.436. The predicted molar refractivity (Wildman–Crippen MR) is 70.3 cm³/mol. The minimum atomic E-state index is 1.12. The molecule has 0 amide bonds. The average molecular weight is 219 g/mol. The van der Waals surface area contributed by atoms with E-state index >= 15 is 0 Å². The molecule has 0 radical (unpaired) electrons. The lowest BCUT2D eigenvalue weighted by molar-refractivity contribution is -0.600. The zero-order valence-corrected chi connectivity index (χ0v) is 9.51. The number of hydrogen-bond acceptors (Lipinski definition) is 0. The molecule has 3 aromatic rings. The van der Waals surface area contributed by atoms with Crippen LogP contribution < -0.4 is 4.57 Å². The Morgan fingerprint density at radius 2 is 1.53 bits per heavy atom. The van der Waals surface area contributed by atoms with Crippen LogP contribution in [-0.4, -0.2) is 0 Å². The highest BCUT2D eigenvalue weighted by Gasteiger charge is 2.02. The summed E-state index contributed by atoms with van der Waals surface area (Å²) < 4.78 is 1.89. The molecule has 1 nitrogen and oxygen atoms in total. The van der Waals surface area contributed by atoms with Gasteiger partial charge < -0.3 is 4.57 Å². The van der Waals surface area contributed by atoms with E-state index in [1.165, 1.54) is 16.3 Å². The van der Waals surface area contributed by atoms with Crippen molar-refractivity contribution in [2.24, 2.45) is 0 Å². The van der Waals surface area contributed by atoms with Crippen molar-refractivity contribution < 1.29 is 4.57 Å². The first-order chi connectivity index (χ1) is 8.34. The molecule has 0 saturated heterocycles. The van der Waals surface area contributed by atoms with Gasteiger partial charge in [0.15, 0.2) is 0 Å². The smallest absolute Gasteiger partial charge is 0.112 e. The summed E-state index contributed by atoms with van der Waals surface area (Å²) in [7, 11) is 3.99. The molecule has 0 aliphatic carbocycles. The van der Waals surface area contributed by atoms with E-state index in [0.29, 0.717) is 0 Å². The van der Waals surface area contributed by atoms with Crippen molar-refractivity contribution in [3.05, 3.63) is 73.9 Å². The number of aromatic nitrogens is 1. The highest BCUT2D eigenvalue weighted by molar-refractivity contribution is 5.86. The van der Waals surface area contributed by atoms with Gasteiger partial charge in [-0.2, -0.15) is 0 Å². The van der Waals surface area contributed by atoms with Crippen LogP contribution in [0.25, 0.3) is 22.0 Å². The van der Waals surface area contributed by atoms with Gasteiger partial charge in [-0.15, -0.1) is 0 Å². The van der Waals surface area contributed by atoms with Crippen LogP contribution in [0, 0.1) is 7.05 Å². The van der Waals surface area contributed by atoms with Gasteiger partial charge in [0.25, 0.3) is 0 Å². The summed E-state index contributed by atoms with van der Waals surface area (Å²) in [5, 5.41) is 2.52. The number of benzene rings is 2. The van der Waals surface area contributed by atoms with E-state index in [1.54, 1.807) is 0 Å². The van der Waals surface area contributed by atoms with E-state index < -0.39 is 0 Å². The predicted octanol–water partition coefficient (Wildman–Crippen LogP) is 3.43. The van der Waals surface area contributed by atoms with Crippen LogP contribution in [-0.2, 0) is 0 Å². The molecular formula is C16H13N. The molecular weight excluding hydrogens is 206 g/mol. The fourth-order valence-electron chi connectivity index (χ4n) is 2.09. The molecule has 0 spiro atoms. The maximum absolute atomic E-state index is 3.99. The van der Waals surface area contributed by atoms with E-state index in [2.05, 4.69) is 55.6 Å². The average Bonchev–Trinajstić information content (AvgIpc) is 2.39. The molecule has 0 aliphatic heterocycles. The fraction of sp³-hybridized carbons (Fsp3) is 0. The van der Waals surface area contributed by atoms with Crippen LogP contribution >= 0.6 is 0 Å². The Labute approximate surface area is 101 Å². The molecule has 2 aromatic carbocycles. The molecule has 0 atom stereocenters. The van der Waals surface area contributed by atoms with Crippen molar-refractivity contribution in [3.8, 4) is 11.3 Å². The molecule has 0 N–H and O–H groups in total. The van der Waals surface area contributed by atoms with Crippen LogP contribution in [0.5, 0.6) is 0 Å². The largest absolute Gasteiger partial charge is 0.333 e. The Kier molecular flexibility index (Phi) is 2.30. The van der Waals surface area contributed by atoms with Gasteiger partial charge >= 0.3 is 0 Å². The fourth-order valence-corrected chi connectivity index (χ4v) is 2.09. The molecule has 0 fully saturated rings. The first-order valence-corrected chi connectivity index (χ1v) is 5.65. The van der Waals surface area contributed by atoms with Crippen LogP contribution in [0.3, 0.4) is 0 Å². The monoisotopic (exact) mass is 219 g/mol. The molecule has 0 unspecified atom stereocenters. The van der Waals surface area contributed by atoms with Gasteiger partial charge in [-0.1, -0.05) is 54.6 Å². The number of fused-ring (bicyclic) bond motifs is 1. The highest BCUT2D eigenvalue weighted by atomic mass is 14.9. The van der Waals surface area contributed by atoms with Crippen molar-refractivity contribution in [3.63, 3.8) is 0 Å². The van der Waals surface area contributed by atoms with Crippen LogP contribution in [0.15, 0.2) is 66.9 Å². The standard InChI is InChI=1S/C16H13N/c1-17-11-5-4-8-16(17)15-10-9-13-6-2-3-7-14(13)12-15/h2-12H,1H2. The molecule has 1 heterocycles. The summed E-state index contributed by atoms with van der Waals surface area (Å²) in [4.78, 5) is 0. The first kappa shape index (κ1) is 9.91. The van der Waals surface area contributed by atoms with Gasteiger partial charge in [0.1, 0.15) is 5.69 Å². The number of nitrogens with zero attached hydrogens (tertiary/aromatic N) is 1. The zero-order valence-electron chi connectivity index (χ0n) is 9.51. The van der Waals surface area contributed by atoms with Crippen LogP contribution in [0.1, 0.15) is 0 Å². The Hall–Kier alpha value is -2.28. The van der Waals surface area contributed by atoms with Crippen molar-refractivity contribution in [1.29, 1.82) is 0 Å². The molecule has 17 heavy (non-hydrogen) atoms. The lowest BCUT2D eigenvalue weighted by atomic mass is 10.0. The Morgan fingerprint density at radius 3 is 2.35 bits per heavy atom. The number of pyridine rings is 1. The minimum absolute atomic E-state index is 1.12. The second kappa shape index (κ2) is 3.95. The molecule has 1 heteroatoms. The van der Waals surface area contributed by atoms with Crippen LogP contribution in [0.4, 0.5) is 0 Å². The van der Waals surface area contributed by atoms with E-state index in [9.17, 15) is 0 Å². The third kappa shape index (κ3) is 1.76. The molecule has 0 aliphatic rings. The Morgan fingerprint density at radius 1 is 0.765 bits per heavy atom.